The van der Waals surface area contributed by atoms with Gasteiger partial charge in [-0.25, -0.2) is 0 Å². The molecule has 1 amide bonds. The van der Waals surface area contributed by atoms with Gasteiger partial charge < -0.3 is 20.1 Å². The van der Waals surface area contributed by atoms with E-state index in [0.717, 1.165) is 38.8 Å². The summed E-state index contributed by atoms with van der Waals surface area (Å²) < 4.78 is 11.3. The number of nitrogens with one attached hydrogen (secondary N) is 2. The van der Waals surface area contributed by atoms with Crippen molar-refractivity contribution in [3.05, 3.63) is 0 Å². The summed E-state index contributed by atoms with van der Waals surface area (Å²) in [6.45, 7) is 6.97. The maximum Gasteiger partial charge on any atom is 0.239 e. The first kappa shape index (κ1) is 14.8. The van der Waals surface area contributed by atoms with E-state index in [1.54, 1.807) is 0 Å². The molecule has 2 atom stereocenters. The van der Waals surface area contributed by atoms with E-state index in [-0.39, 0.29) is 23.6 Å². The lowest BCUT2D eigenvalue weighted by Gasteiger charge is -2.40. The summed E-state index contributed by atoms with van der Waals surface area (Å²) >= 11 is 0. The third-order valence-corrected chi connectivity index (χ3v) is 4.37. The van der Waals surface area contributed by atoms with Gasteiger partial charge in [0.25, 0.3) is 0 Å². The quantitative estimate of drug-likeness (QED) is 0.794. The van der Waals surface area contributed by atoms with Crippen LogP contribution in [0.15, 0.2) is 0 Å². The van der Waals surface area contributed by atoms with Crippen LogP contribution in [0.5, 0.6) is 0 Å². The summed E-state index contributed by atoms with van der Waals surface area (Å²) in [6, 6.07) is 0.0270. The maximum absolute atomic E-state index is 12.2. The highest BCUT2D eigenvalue weighted by Gasteiger charge is 2.35. The van der Waals surface area contributed by atoms with Crippen LogP contribution >= 0.6 is 0 Å². The first-order valence-electron chi connectivity index (χ1n) is 7.44. The molecule has 5 nitrogen and oxygen atoms in total. The Morgan fingerprint density at radius 3 is 2.79 bits per heavy atom. The third kappa shape index (κ3) is 3.68. The van der Waals surface area contributed by atoms with Crippen molar-refractivity contribution in [3.8, 4) is 0 Å². The van der Waals surface area contributed by atoms with Gasteiger partial charge in [0.15, 0.2) is 0 Å². The second kappa shape index (κ2) is 6.68. The van der Waals surface area contributed by atoms with Crippen LogP contribution in [-0.2, 0) is 14.3 Å². The van der Waals surface area contributed by atoms with E-state index < -0.39 is 0 Å². The van der Waals surface area contributed by atoms with Crippen molar-refractivity contribution in [3.63, 3.8) is 0 Å². The van der Waals surface area contributed by atoms with E-state index >= 15 is 0 Å². The van der Waals surface area contributed by atoms with Crippen LogP contribution in [0.2, 0.25) is 0 Å². The van der Waals surface area contributed by atoms with Crippen molar-refractivity contribution in [2.75, 3.05) is 26.4 Å². The highest BCUT2D eigenvalue weighted by molar-refractivity contribution is 5.82. The van der Waals surface area contributed by atoms with Crippen LogP contribution in [-0.4, -0.2) is 50.0 Å². The molecule has 0 spiro atoms. The van der Waals surface area contributed by atoms with Gasteiger partial charge in [-0.05, 0) is 25.7 Å². The van der Waals surface area contributed by atoms with E-state index in [1.807, 2.05) is 0 Å². The van der Waals surface area contributed by atoms with Gasteiger partial charge in [0.1, 0.15) is 6.04 Å². The molecule has 2 rings (SSSR count). The Morgan fingerprint density at radius 2 is 2.16 bits per heavy atom. The molecule has 2 aliphatic heterocycles. The monoisotopic (exact) mass is 270 g/mol. The standard InChI is InChI=1S/C14H26N2O3/c1-3-14(4-2)9-11(5-7-19-14)16-13(17)12-10-18-8-6-15-12/h11-12,15H,3-10H2,1-2H3,(H,16,17). The number of carbonyl (C=O) groups excluding carboxylic acids is 1. The molecule has 0 bridgehead atoms. The minimum Gasteiger partial charge on any atom is -0.378 e. The topological polar surface area (TPSA) is 59.6 Å². The number of ether oxygens (including phenoxy) is 2. The van der Waals surface area contributed by atoms with Crippen LogP contribution in [0.1, 0.15) is 39.5 Å². The van der Waals surface area contributed by atoms with Crippen molar-refractivity contribution in [2.45, 2.75) is 57.2 Å². The van der Waals surface area contributed by atoms with E-state index in [2.05, 4.69) is 24.5 Å². The fraction of sp³-hybridized carbons (Fsp3) is 0.929. The molecular formula is C14H26N2O3. The molecule has 0 aromatic carbocycles. The maximum atomic E-state index is 12.2. The van der Waals surface area contributed by atoms with Gasteiger partial charge in [-0.2, -0.15) is 0 Å². The fourth-order valence-electron chi connectivity index (χ4n) is 2.93. The van der Waals surface area contributed by atoms with Gasteiger partial charge >= 0.3 is 0 Å². The van der Waals surface area contributed by atoms with Crippen molar-refractivity contribution in [1.82, 2.24) is 10.6 Å². The summed E-state index contributed by atoms with van der Waals surface area (Å²) in [5.74, 6) is 0.0627. The van der Waals surface area contributed by atoms with Crippen molar-refractivity contribution >= 4 is 5.91 Å². The highest BCUT2D eigenvalue weighted by Crippen LogP contribution is 2.31. The summed E-state index contributed by atoms with van der Waals surface area (Å²) in [5, 5.41) is 6.34. The van der Waals surface area contributed by atoms with E-state index in [1.165, 1.54) is 0 Å². The van der Waals surface area contributed by atoms with Crippen LogP contribution in [0.3, 0.4) is 0 Å². The summed E-state index contributed by atoms with van der Waals surface area (Å²) in [4.78, 5) is 12.2. The second-order valence-electron chi connectivity index (χ2n) is 5.52. The molecule has 2 fully saturated rings. The predicted molar refractivity (Wildman–Crippen MR) is 73.0 cm³/mol. The van der Waals surface area contributed by atoms with Gasteiger partial charge in [-0.3, -0.25) is 4.79 Å². The predicted octanol–water partition coefficient (Wildman–Crippen LogP) is 0.829. The summed E-state index contributed by atoms with van der Waals surface area (Å²) in [6.07, 6.45) is 3.82. The average molecular weight is 270 g/mol. The summed E-state index contributed by atoms with van der Waals surface area (Å²) in [7, 11) is 0. The molecule has 0 aromatic heterocycles. The third-order valence-electron chi connectivity index (χ3n) is 4.37. The SMILES string of the molecule is CCC1(CC)CC(NC(=O)C2COCCN2)CCO1. The molecule has 0 aliphatic carbocycles. The number of rotatable bonds is 4. The van der Waals surface area contributed by atoms with Gasteiger partial charge in [0.2, 0.25) is 5.91 Å². The Bertz CT molecular complexity index is 299. The van der Waals surface area contributed by atoms with Gasteiger partial charge in [-0.1, -0.05) is 13.8 Å². The second-order valence-corrected chi connectivity index (χ2v) is 5.52. The van der Waals surface area contributed by atoms with Crippen LogP contribution in [0.25, 0.3) is 0 Å². The lowest BCUT2D eigenvalue weighted by molar-refractivity contribution is -0.130. The molecule has 0 aromatic rings. The van der Waals surface area contributed by atoms with Gasteiger partial charge in [0.05, 0.1) is 18.8 Å². The molecule has 0 radical (unpaired) electrons. The molecule has 2 saturated heterocycles. The van der Waals surface area contributed by atoms with Crippen LogP contribution in [0, 0.1) is 0 Å². The Morgan fingerprint density at radius 1 is 1.37 bits per heavy atom. The average Bonchev–Trinajstić information content (AvgIpc) is 2.48. The Kier molecular flexibility index (Phi) is 5.19. The zero-order valence-corrected chi connectivity index (χ0v) is 12.0. The Hall–Kier alpha value is -0.650. The highest BCUT2D eigenvalue weighted by atomic mass is 16.5. The first-order chi connectivity index (χ1) is 9.19. The molecule has 2 N–H and O–H groups in total. The van der Waals surface area contributed by atoms with E-state index in [9.17, 15) is 4.79 Å². The van der Waals surface area contributed by atoms with Gasteiger partial charge in [0, 0.05) is 19.2 Å². The smallest absolute Gasteiger partial charge is 0.239 e. The lowest BCUT2D eigenvalue weighted by Crippen LogP contribution is -2.55. The number of hydrogen-bond acceptors (Lipinski definition) is 4. The largest absolute Gasteiger partial charge is 0.378 e. The molecular weight excluding hydrogens is 244 g/mol. The molecule has 2 aliphatic rings. The number of amides is 1. The zero-order chi connectivity index (χ0) is 13.7. The van der Waals surface area contributed by atoms with Crippen molar-refractivity contribution in [2.24, 2.45) is 0 Å². The molecule has 0 saturated carbocycles. The Labute approximate surface area is 115 Å². The fourth-order valence-corrected chi connectivity index (χ4v) is 2.93. The van der Waals surface area contributed by atoms with Gasteiger partial charge in [-0.15, -0.1) is 0 Å². The van der Waals surface area contributed by atoms with E-state index in [0.29, 0.717) is 13.2 Å². The molecule has 2 unspecified atom stereocenters. The molecule has 2 heterocycles. The lowest BCUT2D eigenvalue weighted by atomic mass is 9.86. The first-order valence-corrected chi connectivity index (χ1v) is 7.44. The van der Waals surface area contributed by atoms with Crippen molar-refractivity contribution < 1.29 is 14.3 Å². The molecule has 5 heteroatoms. The Balaban J connectivity index is 1.86. The normalized spacial score (nSPS) is 30.8. The number of hydrogen-bond donors (Lipinski definition) is 2. The minimum atomic E-state index is -0.200. The van der Waals surface area contributed by atoms with Crippen molar-refractivity contribution in [1.29, 1.82) is 0 Å². The number of morpholine rings is 1. The van der Waals surface area contributed by atoms with Crippen LogP contribution < -0.4 is 10.6 Å². The molecule has 19 heavy (non-hydrogen) atoms. The number of carbonyl (C=O) groups is 1. The summed E-state index contributed by atoms with van der Waals surface area (Å²) in [5.41, 5.74) is -0.0489. The van der Waals surface area contributed by atoms with Crippen LogP contribution in [0.4, 0.5) is 0 Å². The minimum absolute atomic E-state index is 0.0489. The zero-order valence-electron chi connectivity index (χ0n) is 12.0. The molecule has 110 valence electrons. The van der Waals surface area contributed by atoms with E-state index in [4.69, 9.17) is 9.47 Å².